The van der Waals surface area contributed by atoms with Crippen LogP contribution >= 0.6 is 0 Å². The van der Waals surface area contributed by atoms with Gasteiger partial charge in [-0.1, -0.05) is 6.07 Å². The maximum Gasteiger partial charge on any atom is 0.125 e. The minimum Gasteiger partial charge on any atom is -0.370 e. The van der Waals surface area contributed by atoms with Crippen LogP contribution in [0.15, 0.2) is 18.3 Å². The summed E-state index contributed by atoms with van der Waals surface area (Å²) in [7, 11) is 2.20. The molecule has 0 aromatic carbocycles. The second-order valence-corrected chi connectivity index (χ2v) is 4.87. The number of rotatable bonds is 3. The van der Waals surface area contributed by atoms with E-state index in [2.05, 4.69) is 41.3 Å². The molecule has 0 aliphatic carbocycles. The number of hydrogen-bond donors (Lipinski definition) is 1. The van der Waals surface area contributed by atoms with Gasteiger partial charge in [0.05, 0.1) is 0 Å². The molecule has 1 aromatic rings. The highest BCUT2D eigenvalue weighted by atomic mass is 15.1. The monoisotopic (exact) mass is 219 g/mol. The summed E-state index contributed by atoms with van der Waals surface area (Å²) in [5, 5.41) is 3.42. The molecule has 3 nitrogen and oxygen atoms in total. The molecule has 1 unspecified atom stereocenters. The number of anilines is 1. The molecule has 1 N–H and O–H groups in total. The standard InChI is InChI=1S/C13H21N3/c1-11-5-6-13(14-8-11)15-9-12-4-3-7-16(2)10-12/h5-6,8,12H,3-4,7,9-10H2,1-2H3,(H,14,15). The number of piperidine rings is 1. The van der Waals surface area contributed by atoms with Gasteiger partial charge in [-0.05, 0) is 50.9 Å². The molecule has 0 radical (unpaired) electrons. The van der Waals surface area contributed by atoms with Crippen molar-refractivity contribution >= 4 is 5.82 Å². The molecule has 88 valence electrons. The van der Waals surface area contributed by atoms with Crippen LogP contribution in [0, 0.1) is 12.8 Å². The lowest BCUT2D eigenvalue weighted by Crippen LogP contribution is -2.35. The summed E-state index contributed by atoms with van der Waals surface area (Å²) in [5.74, 6) is 1.76. The largest absolute Gasteiger partial charge is 0.370 e. The Morgan fingerprint density at radius 1 is 1.50 bits per heavy atom. The molecular formula is C13H21N3. The fraction of sp³-hybridized carbons (Fsp3) is 0.615. The van der Waals surface area contributed by atoms with E-state index < -0.39 is 0 Å². The van der Waals surface area contributed by atoms with Gasteiger partial charge in [0.1, 0.15) is 5.82 Å². The molecule has 0 amide bonds. The van der Waals surface area contributed by atoms with E-state index in [1.54, 1.807) is 0 Å². The van der Waals surface area contributed by atoms with E-state index in [0.717, 1.165) is 18.3 Å². The number of likely N-dealkylation sites (tertiary alicyclic amines) is 1. The van der Waals surface area contributed by atoms with E-state index in [1.807, 2.05) is 6.20 Å². The normalized spacial score (nSPS) is 22.0. The summed E-state index contributed by atoms with van der Waals surface area (Å²) >= 11 is 0. The van der Waals surface area contributed by atoms with Gasteiger partial charge in [0.15, 0.2) is 0 Å². The Labute approximate surface area is 97.9 Å². The zero-order chi connectivity index (χ0) is 11.4. The van der Waals surface area contributed by atoms with E-state index >= 15 is 0 Å². The number of aryl methyl sites for hydroxylation is 1. The number of nitrogens with one attached hydrogen (secondary N) is 1. The zero-order valence-electron chi connectivity index (χ0n) is 10.2. The minimum absolute atomic E-state index is 0.766. The summed E-state index contributed by atoms with van der Waals surface area (Å²) in [6, 6.07) is 4.16. The van der Waals surface area contributed by atoms with E-state index in [0.29, 0.717) is 0 Å². The molecule has 0 bridgehead atoms. The van der Waals surface area contributed by atoms with Crippen LogP contribution in [0.1, 0.15) is 18.4 Å². The van der Waals surface area contributed by atoms with Gasteiger partial charge in [-0.2, -0.15) is 0 Å². The fourth-order valence-electron chi connectivity index (χ4n) is 2.26. The van der Waals surface area contributed by atoms with Gasteiger partial charge in [-0.25, -0.2) is 4.98 Å². The van der Waals surface area contributed by atoms with Crippen LogP contribution in [0.5, 0.6) is 0 Å². The molecule has 2 heterocycles. The van der Waals surface area contributed by atoms with Crippen LogP contribution < -0.4 is 5.32 Å². The van der Waals surface area contributed by atoms with Crippen LogP contribution in [-0.4, -0.2) is 36.6 Å². The molecule has 1 atom stereocenters. The van der Waals surface area contributed by atoms with Gasteiger partial charge in [-0.3, -0.25) is 0 Å². The summed E-state index contributed by atoms with van der Waals surface area (Å²) in [6.07, 6.45) is 4.57. The molecular weight excluding hydrogens is 198 g/mol. The van der Waals surface area contributed by atoms with Gasteiger partial charge in [0.2, 0.25) is 0 Å². The van der Waals surface area contributed by atoms with Gasteiger partial charge in [0, 0.05) is 19.3 Å². The quantitative estimate of drug-likeness (QED) is 0.844. The maximum absolute atomic E-state index is 4.36. The van der Waals surface area contributed by atoms with Crippen molar-refractivity contribution in [2.75, 3.05) is 32.0 Å². The van der Waals surface area contributed by atoms with Crippen molar-refractivity contribution in [1.29, 1.82) is 0 Å². The lowest BCUT2D eigenvalue weighted by molar-refractivity contribution is 0.217. The van der Waals surface area contributed by atoms with Crippen molar-refractivity contribution in [3.63, 3.8) is 0 Å². The van der Waals surface area contributed by atoms with Gasteiger partial charge < -0.3 is 10.2 Å². The first kappa shape index (κ1) is 11.4. The van der Waals surface area contributed by atoms with Gasteiger partial charge >= 0.3 is 0 Å². The van der Waals surface area contributed by atoms with Gasteiger partial charge in [-0.15, -0.1) is 0 Å². The van der Waals surface area contributed by atoms with Crippen LogP contribution in [0.25, 0.3) is 0 Å². The first-order chi connectivity index (χ1) is 7.74. The zero-order valence-corrected chi connectivity index (χ0v) is 10.2. The Morgan fingerprint density at radius 2 is 2.38 bits per heavy atom. The molecule has 16 heavy (non-hydrogen) atoms. The molecule has 0 saturated carbocycles. The molecule has 1 aromatic heterocycles. The van der Waals surface area contributed by atoms with E-state index in [4.69, 9.17) is 0 Å². The van der Waals surface area contributed by atoms with Crippen molar-refractivity contribution in [1.82, 2.24) is 9.88 Å². The molecule has 1 saturated heterocycles. The third-order valence-corrected chi connectivity index (χ3v) is 3.21. The SMILES string of the molecule is Cc1ccc(NCC2CCCN(C)C2)nc1. The first-order valence-electron chi connectivity index (χ1n) is 6.09. The Kier molecular flexibility index (Phi) is 3.78. The van der Waals surface area contributed by atoms with Crippen LogP contribution in [0.4, 0.5) is 5.82 Å². The highest BCUT2D eigenvalue weighted by Gasteiger charge is 2.16. The molecule has 1 aliphatic rings. The second-order valence-electron chi connectivity index (χ2n) is 4.87. The summed E-state index contributed by atoms with van der Waals surface area (Å²) in [4.78, 5) is 6.77. The fourth-order valence-corrected chi connectivity index (χ4v) is 2.26. The topological polar surface area (TPSA) is 28.2 Å². The van der Waals surface area contributed by atoms with E-state index in [-0.39, 0.29) is 0 Å². The lowest BCUT2D eigenvalue weighted by Gasteiger charge is -2.29. The molecule has 3 heteroatoms. The number of pyridine rings is 1. The van der Waals surface area contributed by atoms with E-state index in [1.165, 1.54) is 31.5 Å². The minimum atomic E-state index is 0.766. The summed E-state index contributed by atoms with van der Waals surface area (Å²) in [6.45, 7) is 5.56. The highest BCUT2D eigenvalue weighted by molar-refractivity contribution is 5.35. The summed E-state index contributed by atoms with van der Waals surface area (Å²) in [5.41, 5.74) is 1.21. The number of nitrogens with zero attached hydrogens (tertiary/aromatic N) is 2. The lowest BCUT2D eigenvalue weighted by atomic mass is 9.98. The molecule has 0 spiro atoms. The molecule has 2 rings (SSSR count). The van der Waals surface area contributed by atoms with Crippen molar-refractivity contribution < 1.29 is 0 Å². The average Bonchev–Trinajstić information content (AvgIpc) is 2.28. The average molecular weight is 219 g/mol. The van der Waals surface area contributed by atoms with Crippen LogP contribution in [0.3, 0.4) is 0 Å². The smallest absolute Gasteiger partial charge is 0.125 e. The Hall–Kier alpha value is -1.09. The molecule has 1 aliphatic heterocycles. The predicted octanol–water partition coefficient (Wildman–Crippen LogP) is 2.14. The predicted molar refractivity (Wildman–Crippen MR) is 67.7 cm³/mol. The Bertz CT molecular complexity index is 320. The van der Waals surface area contributed by atoms with Crippen molar-refractivity contribution in [3.8, 4) is 0 Å². The number of aromatic nitrogens is 1. The Morgan fingerprint density at radius 3 is 3.06 bits per heavy atom. The van der Waals surface area contributed by atoms with Crippen LogP contribution in [0.2, 0.25) is 0 Å². The maximum atomic E-state index is 4.36. The van der Waals surface area contributed by atoms with Crippen molar-refractivity contribution in [2.24, 2.45) is 5.92 Å². The molecule has 1 fully saturated rings. The Balaban J connectivity index is 1.80. The first-order valence-corrected chi connectivity index (χ1v) is 6.09. The van der Waals surface area contributed by atoms with Crippen LogP contribution in [-0.2, 0) is 0 Å². The number of hydrogen-bond acceptors (Lipinski definition) is 3. The van der Waals surface area contributed by atoms with Crippen molar-refractivity contribution in [3.05, 3.63) is 23.9 Å². The third-order valence-electron chi connectivity index (χ3n) is 3.21. The summed E-state index contributed by atoms with van der Waals surface area (Å²) < 4.78 is 0. The second kappa shape index (κ2) is 5.30. The van der Waals surface area contributed by atoms with E-state index in [9.17, 15) is 0 Å². The third kappa shape index (κ3) is 3.20. The van der Waals surface area contributed by atoms with Gasteiger partial charge in [0.25, 0.3) is 0 Å². The highest BCUT2D eigenvalue weighted by Crippen LogP contribution is 2.15. The van der Waals surface area contributed by atoms with Crippen molar-refractivity contribution in [2.45, 2.75) is 19.8 Å².